The number of carbonyl (C=O) groups excluding carboxylic acids is 2. The molecule has 3 N–H and O–H groups in total. The van der Waals surface area contributed by atoms with Crippen LogP contribution in [0, 0.1) is 5.92 Å². The first kappa shape index (κ1) is 17.7. The van der Waals surface area contributed by atoms with Gasteiger partial charge in [0.25, 0.3) is 0 Å². The minimum absolute atomic E-state index is 0.0360. The Labute approximate surface area is 138 Å². The third-order valence-corrected chi connectivity index (χ3v) is 5.12. The Morgan fingerprint density at radius 3 is 2.57 bits per heavy atom. The quantitative estimate of drug-likeness (QED) is 0.760. The fraction of sp³-hybridized carbons (Fsp3) is 0.579. The summed E-state index contributed by atoms with van der Waals surface area (Å²) in [6.07, 6.45) is 3.78. The van der Waals surface area contributed by atoms with Gasteiger partial charge in [-0.05, 0) is 49.3 Å². The summed E-state index contributed by atoms with van der Waals surface area (Å²) in [5, 5.41) is 2.97. The molecule has 1 unspecified atom stereocenters. The second-order valence-electron chi connectivity index (χ2n) is 7.08. The lowest BCUT2D eigenvalue weighted by atomic mass is 9.88. The van der Waals surface area contributed by atoms with Crippen LogP contribution in [-0.2, 0) is 17.6 Å². The maximum Gasteiger partial charge on any atom is 0.220 e. The first-order valence-corrected chi connectivity index (χ1v) is 8.52. The van der Waals surface area contributed by atoms with E-state index in [1.165, 1.54) is 17.5 Å². The van der Waals surface area contributed by atoms with Crippen LogP contribution in [0.5, 0.6) is 0 Å². The van der Waals surface area contributed by atoms with Crippen LogP contribution < -0.4 is 11.1 Å². The number of nitrogens with two attached hydrogens (primary N) is 1. The highest BCUT2D eigenvalue weighted by Crippen LogP contribution is 2.23. The number of carbonyl (C=O) groups is 2. The standard InChI is InChI=1S/C19H28N2O2/c1-13(2)19(3,12-20)21-18(23)10-9-17(22)16-8-7-14-5-4-6-15(14)11-16/h7-8,11,13H,4-6,9-10,12,20H2,1-3H3,(H,21,23). The lowest BCUT2D eigenvalue weighted by Crippen LogP contribution is -2.55. The van der Waals surface area contributed by atoms with Gasteiger partial charge in [-0.15, -0.1) is 0 Å². The van der Waals surface area contributed by atoms with Crippen LogP contribution >= 0.6 is 0 Å². The van der Waals surface area contributed by atoms with Crippen molar-refractivity contribution in [1.29, 1.82) is 0 Å². The van der Waals surface area contributed by atoms with Gasteiger partial charge in [0.15, 0.2) is 5.78 Å². The Hall–Kier alpha value is -1.68. The van der Waals surface area contributed by atoms with Gasteiger partial charge < -0.3 is 11.1 Å². The molecule has 1 aromatic carbocycles. The van der Waals surface area contributed by atoms with Gasteiger partial charge in [0.2, 0.25) is 5.91 Å². The number of rotatable bonds is 7. The Kier molecular flexibility index (Phi) is 5.58. The summed E-state index contributed by atoms with van der Waals surface area (Å²) in [5.74, 6) is 0.166. The van der Waals surface area contributed by atoms with Gasteiger partial charge in [-0.3, -0.25) is 9.59 Å². The van der Waals surface area contributed by atoms with E-state index in [2.05, 4.69) is 11.4 Å². The van der Waals surface area contributed by atoms with E-state index in [0.717, 1.165) is 18.4 Å². The zero-order chi connectivity index (χ0) is 17.0. The summed E-state index contributed by atoms with van der Waals surface area (Å²) in [7, 11) is 0. The molecule has 1 aliphatic rings. The van der Waals surface area contributed by atoms with E-state index < -0.39 is 5.54 Å². The number of Topliss-reactive ketones (excluding diaryl/α,β-unsaturated/α-hetero) is 1. The number of hydrogen-bond donors (Lipinski definition) is 2. The molecule has 0 aromatic heterocycles. The predicted molar refractivity (Wildman–Crippen MR) is 92.5 cm³/mol. The van der Waals surface area contributed by atoms with E-state index >= 15 is 0 Å². The SMILES string of the molecule is CC(C)C(C)(CN)NC(=O)CCC(=O)c1ccc2c(c1)CCC2. The molecule has 0 spiro atoms. The molecule has 1 aromatic rings. The Bertz CT molecular complexity index is 595. The van der Waals surface area contributed by atoms with Crippen molar-refractivity contribution in [3.05, 3.63) is 34.9 Å². The Balaban J connectivity index is 1.90. The Morgan fingerprint density at radius 2 is 1.91 bits per heavy atom. The molecule has 0 radical (unpaired) electrons. The van der Waals surface area contributed by atoms with Gasteiger partial charge in [0.1, 0.15) is 0 Å². The molecule has 1 amide bonds. The smallest absolute Gasteiger partial charge is 0.220 e. The number of fused-ring (bicyclic) bond motifs is 1. The lowest BCUT2D eigenvalue weighted by Gasteiger charge is -2.33. The molecule has 23 heavy (non-hydrogen) atoms. The normalized spacial score (nSPS) is 16.0. The van der Waals surface area contributed by atoms with E-state index in [1.807, 2.05) is 32.9 Å². The fourth-order valence-corrected chi connectivity index (χ4v) is 2.93. The third kappa shape index (κ3) is 4.20. The molecule has 0 fully saturated rings. The van der Waals surface area contributed by atoms with E-state index in [1.54, 1.807) is 0 Å². The maximum absolute atomic E-state index is 12.3. The number of hydrogen-bond acceptors (Lipinski definition) is 3. The van der Waals surface area contributed by atoms with Gasteiger partial charge in [-0.2, -0.15) is 0 Å². The molecule has 0 bridgehead atoms. The van der Waals surface area contributed by atoms with E-state index in [9.17, 15) is 9.59 Å². The van der Waals surface area contributed by atoms with Gasteiger partial charge in [-0.25, -0.2) is 0 Å². The molecule has 0 aliphatic heterocycles. The molecule has 4 nitrogen and oxygen atoms in total. The average molecular weight is 316 g/mol. The van der Waals surface area contributed by atoms with E-state index in [-0.39, 0.29) is 30.4 Å². The van der Waals surface area contributed by atoms with Crippen molar-refractivity contribution >= 4 is 11.7 Å². The minimum atomic E-state index is -0.423. The summed E-state index contributed by atoms with van der Waals surface area (Å²) < 4.78 is 0. The van der Waals surface area contributed by atoms with E-state index in [4.69, 9.17) is 5.73 Å². The van der Waals surface area contributed by atoms with Crippen molar-refractivity contribution in [3.8, 4) is 0 Å². The zero-order valence-corrected chi connectivity index (χ0v) is 14.4. The van der Waals surface area contributed by atoms with E-state index in [0.29, 0.717) is 6.54 Å². The average Bonchev–Trinajstić information content (AvgIpc) is 2.99. The summed E-state index contributed by atoms with van der Waals surface area (Å²) in [4.78, 5) is 24.4. The first-order valence-electron chi connectivity index (χ1n) is 8.52. The highest BCUT2D eigenvalue weighted by molar-refractivity contribution is 5.98. The van der Waals surface area contributed by atoms with Crippen LogP contribution in [0.4, 0.5) is 0 Å². The van der Waals surface area contributed by atoms with Crippen molar-refractivity contribution in [2.45, 2.75) is 58.4 Å². The van der Waals surface area contributed by atoms with Crippen molar-refractivity contribution in [2.75, 3.05) is 6.54 Å². The summed E-state index contributed by atoms with van der Waals surface area (Å²) >= 11 is 0. The zero-order valence-electron chi connectivity index (χ0n) is 14.4. The second-order valence-corrected chi connectivity index (χ2v) is 7.08. The molecule has 0 heterocycles. The molecule has 4 heteroatoms. The summed E-state index contributed by atoms with van der Waals surface area (Å²) in [5.41, 5.74) is 8.72. The molecule has 0 saturated carbocycles. The first-order chi connectivity index (χ1) is 10.9. The predicted octanol–water partition coefficient (Wildman–Crippen LogP) is 2.63. The van der Waals surface area contributed by atoms with Crippen LogP contribution in [0.15, 0.2) is 18.2 Å². The number of amides is 1. The highest BCUT2D eigenvalue weighted by atomic mass is 16.2. The number of nitrogens with one attached hydrogen (secondary N) is 1. The van der Waals surface area contributed by atoms with Crippen LogP contribution in [0.3, 0.4) is 0 Å². The number of benzene rings is 1. The molecular weight excluding hydrogens is 288 g/mol. The van der Waals surface area contributed by atoms with Crippen LogP contribution in [0.1, 0.15) is 61.5 Å². The Morgan fingerprint density at radius 1 is 1.22 bits per heavy atom. The van der Waals surface area contributed by atoms with Gasteiger partial charge >= 0.3 is 0 Å². The molecular formula is C19H28N2O2. The van der Waals surface area contributed by atoms with Crippen LogP contribution in [-0.4, -0.2) is 23.8 Å². The van der Waals surface area contributed by atoms with Crippen molar-refractivity contribution < 1.29 is 9.59 Å². The molecule has 126 valence electrons. The summed E-state index contributed by atoms with van der Waals surface area (Å²) in [6.45, 7) is 6.39. The molecule has 1 atom stereocenters. The maximum atomic E-state index is 12.3. The largest absolute Gasteiger partial charge is 0.349 e. The van der Waals surface area contributed by atoms with Crippen LogP contribution in [0.2, 0.25) is 0 Å². The summed E-state index contributed by atoms with van der Waals surface area (Å²) in [6, 6.07) is 5.95. The molecule has 0 saturated heterocycles. The second kappa shape index (κ2) is 7.26. The highest BCUT2D eigenvalue weighted by Gasteiger charge is 2.28. The van der Waals surface area contributed by atoms with Crippen LogP contribution in [0.25, 0.3) is 0 Å². The van der Waals surface area contributed by atoms with Crippen molar-refractivity contribution in [1.82, 2.24) is 5.32 Å². The third-order valence-electron chi connectivity index (χ3n) is 5.12. The van der Waals surface area contributed by atoms with Gasteiger partial charge in [0.05, 0.1) is 5.54 Å². The van der Waals surface area contributed by atoms with Gasteiger partial charge in [0, 0.05) is 24.9 Å². The minimum Gasteiger partial charge on any atom is -0.349 e. The monoisotopic (exact) mass is 316 g/mol. The number of aryl methyl sites for hydroxylation is 2. The molecule has 2 rings (SSSR count). The topological polar surface area (TPSA) is 72.2 Å². The number of ketones is 1. The van der Waals surface area contributed by atoms with Crippen molar-refractivity contribution in [2.24, 2.45) is 11.7 Å². The fourth-order valence-electron chi connectivity index (χ4n) is 2.93. The lowest BCUT2D eigenvalue weighted by molar-refractivity contribution is -0.123. The molecule has 1 aliphatic carbocycles. The van der Waals surface area contributed by atoms with Crippen molar-refractivity contribution in [3.63, 3.8) is 0 Å². The van der Waals surface area contributed by atoms with Gasteiger partial charge in [-0.1, -0.05) is 26.0 Å².